The van der Waals surface area contributed by atoms with Gasteiger partial charge >= 0.3 is 6.18 Å². The molecule has 0 atom stereocenters. The number of benzene rings is 1. The maximum absolute atomic E-state index is 12.7. The molecule has 0 saturated heterocycles. The summed E-state index contributed by atoms with van der Waals surface area (Å²) in [7, 11) is 0. The first-order valence-electron chi connectivity index (χ1n) is 6.77. The third-order valence-corrected chi connectivity index (χ3v) is 3.52. The van der Waals surface area contributed by atoms with Crippen LogP contribution in [0.2, 0.25) is 5.28 Å². The predicted octanol–water partition coefficient (Wildman–Crippen LogP) is 3.56. The van der Waals surface area contributed by atoms with E-state index in [0.29, 0.717) is 16.5 Å². The van der Waals surface area contributed by atoms with Crippen LogP contribution in [-0.2, 0) is 12.7 Å². The molecule has 3 rings (SSSR count). The topological polar surface area (TPSA) is 70.7 Å². The quantitative estimate of drug-likeness (QED) is 0.706. The summed E-state index contributed by atoms with van der Waals surface area (Å²) in [6.45, 7) is 0.157. The molecule has 2 N–H and O–H groups in total. The molecule has 3 aromatic rings. The van der Waals surface area contributed by atoms with Gasteiger partial charge in [0.1, 0.15) is 5.69 Å². The van der Waals surface area contributed by atoms with Crippen LogP contribution in [0.15, 0.2) is 36.7 Å². The highest BCUT2D eigenvalue weighted by Crippen LogP contribution is 2.31. The number of amides is 1. The maximum Gasteiger partial charge on any atom is 0.431 e. The number of alkyl halides is 3. The first kappa shape index (κ1) is 16.3. The van der Waals surface area contributed by atoms with Crippen LogP contribution in [0, 0.1) is 0 Å². The van der Waals surface area contributed by atoms with E-state index in [-0.39, 0.29) is 17.4 Å². The smallest absolute Gasteiger partial charge is 0.351 e. The summed E-state index contributed by atoms with van der Waals surface area (Å²) < 4.78 is 38.1. The van der Waals surface area contributed by atoms with Gasteiger partial charge in [-0.2, -0.15) is 13.2 Å². The van der Waals surface area contributed by atoms with Gasteiger partial charge in [0.15, 0.2) is 0 Å². The number of carbonyl (C=O) groups excluding carboxylic acids is 1. The van der Waals surface area contributed by atoms with Gasteiger partial charge in [-0.25, -0.2) is 9.97 Å². The number of hydrogen-bond acceptors (Lipinski definition) is 3. The largest absolute Gasteiger partial charge is 0.431 e. The molecule has 0 radical (unpaired) electrons. The number of nitrogens with zero attached hydrogens (tertiary/aromatic N) is 2. The van der Waals surface area contributed by atoms with Gasteiger partial charge in [0.05, 0.1) is 5.56 Å². The van der Waals surface area contributed by atoms with E-state index in [1.165, 1.54) is 18.5 Å². The van der Waals surface area contributed by atoms with Crippen LogP contribution in [0.1, 0.15) is 21.6 Å². The molecule has 9 heteroatoms. The van der Waals surface area contributed by atoms with Crippen LogP contribution in [0.25, 0.3) is 10.9 Å². The number of rotatable bonds is 3. The highest BCUT2D eigenvalue weighted by atomic mass is 35.5. The molecule has 1 aromatic carbocycles. The van der Waals surface area contributed by atoms with Crippen molar-refractivity contribution in [2.45, 2.75) is 12.7 Å². The lowest BCUT2D eigenvalue weighted by molar-refractivity contribution is -0.140. The van der Waals surface area contributed by atoms with Gasteiger partial charge in [0.2, 0.25) is 5.28 Å². The second-order valence-electron chi connectivity index (χ2n) is 5.03. The molecule has 2 heterocycles. The Morgan fingerprint density at radius 2 is 1.92 bits per heavy atom. The number of hydrogen-bond donors (Lipinski definition) is 2. The molecule has 2 aromatic heterocycles. The maximum atomic E-state index is 12.7. The second-order valence-corrected chi connectivity index (χ2v) is 5.36. The monoisotopic (exact) mass is 354 g/mol. The molecule has 1 amide bonds. The number of fused-ring (bicyclic) bond motifs is 1. The molecule has 0 aliphatic rings. The standard InChI is InChI=1S/C15H10ClF3N4O/c16-14-21-6-10(7-22-14)13(24)20-5-8-1-2-11-9(3-8)4-12(23-11)15(17,18)19/h1-4,6-7,23H,5H2,(H,20,24). The summed E-state index contributed by atoms with van der Waals surface area (Å²) in [6, 6.07) is 5.79. The van der Waals surface area contributed by atoms with E-state index < -0.39 is 17.8 Å². The fourth-order valence-corrected chi connectivity index (χ4v) is 2.26. The van der Waals surface area contributed by atoms with Gasteiger partial charge in [-0.3, -0.25) is 4.79 Å². The minimum absolute atomic E-state index is 0.0323. The molecule has 0 unspecified atom stereocenters. The van der Waals surface area contributed by atoms with Gasteiger partial charge in [-0.15, -0.1) is 0 Å². The Morgan fingerprint density at radius 1 is 1.21 bits per heavy atom. The number of aromatic nitrogens is 3. The van der Waals surface area contributed by atoms with Crippen molar-refractivity contribution in [1.82, 2.24) is 20.3 Å². The third kappa shape index (κ3) is 3.48. The minimum Gasteiger partial charge on any atom is -0.351 e. The highest BCUT2D eigenvalue weighted by Gasteiger charge is 2.32. The van der Waals surface area contributed by atoms with Gasteiger partial charge in [-0.05, 0) is 35.4 Å². The van der Waals surface area contributed by atoms with Crippen LogP contribution in [0.4, 0.5) is 13.2 Å². The molecule has 0 aliphatic carbocycles. The summed E-state index contributed by atoms with van der Waals surface area (Å²) in [5, 5.41) is 3.09. The minimum atomic E-state index is -4.43. The van der Waals surface area contributed by atoms with Crippen LogP contribution < -0.4 is 5.32 Å². The normalized spacial score (nSPS) is 11.7. The Hall–Kier alpha value is -2.61. The number of carbonyl (C=O) groups is 1. The molecule has 0 aliphatic heterocycles. The molecular formula is C15H10ClF3N4O. The molecular weight excluding hydrogens is 345 g/mol. The Bertz CT molecular complexity index is 890. The van der Waals surface area contributed by atoms with Crippen molar-refractivity contribution in [3.05, 3.63) is 58.8 Å². The highest BCUT2D eigenvalue weighted by molar-refractivity contribution is 6.28. The van der Waals surface area contributed by atoms with E-state index in [0.717, 1.165) is 6.07 Å². The summed E-state index contributed by atoms with van der Waals surface area (Å²) in [5.74, 6) is -0.406. The van der Waals surface area contributed by atoms with Crippen molar-refractivity contribution in [1.29, 1.82) is 0 Å². The second kappa shape index (κ2) is 6.12. The number of halogens is 4. The summed E-state index contributed by atoms with van der Waals surface area (Å²) in [5.41, 5.74) is 0.473. The Morgan fingerprint density at radius 3 is 2.58 bits per heavy atom. The van der Waals surface area contributed by atoms with E-state index in [2.05, 4.69) is 20.3 Å². The zero-order chi connectivity index (χ0) is 17.3. The molecule has 0 bridgehead atoms. The lowest BCUT2D eigenvalue weighted by Crippen LogP contribution is -2.23. The Labute approximate surface area is 138 Å². The first-order chi connectivity index (χ1) is 11.3. The van der Waals surface area contributed by atoms with E-state index in [1.54, 1.807) is 12.1 Å². The van der Waals surface area contributed by atoms with Crippen molar-refractivity contribution in [3.63, 3.8) is 0 Å². The Kier molecular flexibility index (Phi) is 4.15. The average Bonchev–Trinajstić information content (AvgIpc) is 2.97. The van der Waals surface area contributed by atoms with E-state index in [9.17, 15) is 18.0 Å². The van der Waals surface area contributed by atoms with E-state index in [1.807, 2.05) is 0 Å². The fourth-order valence-electron chi connectivity index (χ4n) is 2.16. The van der Waals surface area contributed by atoms with E-state index in [4.69, 9.17) is 11.6 Å². The summed E-state index contributed by atoms with van der Waals surface area (Å²) >= 11 is 5.54. The van der Waals surface area contributed by atoms with Gasteiger partial charge in [0, 0.05) is 29.8 Å². The molecule has 0 fully saturated rings. The van der Waals surface area contributed by atoms with Gasteiger partial charge in [0.25, 0.3) is 5.91 Å². The number of aromatic amines is 1. The number of nitrogens with one attached hydrogen (secondary N) is 2. The summed E-state index contributed by atoms with van der Waals surface area (Å²) in [6.07, 6.45) is -1.85. The van der Waals surface area contributed by atoms with Crippen molar-refractivity contribution in [2.75, 3.05) is 0 Å². The van der Waals surface area contributed by atoms with Crippen molar-refractivity contribution in [3.8, 4) is 0 Å². The first-order valence-corrected chi connectivity index (χ1v) is 7.15. The molecule has 124 valence electrons. The van der Waals surface area contributed by atoms with Crippen LogP contribution in [0.5, 0.6) is 0 Å². The summed E-state index contributed by atoms with van der Waals surface area (Å²) in [4.78, 5) is 21.7. The third-order valence-electron chi connectivity index (χ3n) is 3.33. The molecule has 5 nitrogen and oxygen atoms in total. The molecule has 24 heavy (non-hydrogen) atoms. The van der Waals surface area contributed by atoms with Gasteiger partial charge < -0.3 is 10.3 Å². The molecule has 0 spiro atoms. The zero-order valence-corrected chi connectivity index (χ0v) is 12.7. The van der Waals surface area contributed by atoms with Gasteiger partial charge in [-0.1, -0.05) is 6.07 Å². The SMILES string of the molecule is O=C(NCc1ccc2[nH]c(C(F)(F)F)cc2c1)c1cnc(Cl)nc1. The Balaban J connectivity index is 1.73. The lowest BCUT2D eigenvalue weighted by Gasteiger charge is -2.05. The van der Waals surface area contributed by atoms with E-state index >= 15 is 0 Å². The van der Waals surface area contributed by atoms with Crippen LogP contribution >= 0.6 is 11.6 Å². The lowest BCUT2D eigenvalue weighted by atomic mass is 10.1. The fraction of sp³-hybridized carbons (Fsp3) is 0.133. The zero-order valence-electron chi connectivity index (χ0n) is 12.0. The van der Waals surface area contributed by atoms with Crippen molar-refractivity contribution < 1.29 is 18.0 Å². The van der Waals surface area contributed by atoms with Crippen LogP contribution in [0.3, 0.4) is 0 Å². The predicted molar refractivity (Wildman–Crippen MR) is 81.5 cm³/mol. The van der Waals surface area contributed by atoms with Crippen molar-refractivity contribution >= 4 is 28.4 Å². The van der Waals surface area contributed by atoms with Crippen molar-refractivity contribution in [2.24, 2.45) is 0 Å². The average molecular weight is 355 g/mol. The molecule has 0 saturated carbocycles. The number of H-pyrrole nitrogens is 1. The van der Waals surface area contributed by atoms with Crippen LogP contribution in [-0.4, -0.2) is 20.9 Å².